The Bertz CT molecular complexity index is 454. The Morgan fingerprint density at radius 2 is 2.07 bits per heavy atom. The number of carbonyl (C=O) groups excluding carboxylic acids is 1. The van der Waals surface area contributed by atoms with Crippen molar-refractivity contribution in [3.05, 3.63) is 33.3 Å². The summed E-state index contributed by atoms with van der Waals surface area (Å²) in [7, 11) is 0. The summed E-state index contributed by atoms with van der Waals surface area (Å²) in [6.07, 6.45) is 0.147. The molecule has 72 valence electrons. The molecule has 0 saturated carbocycles. The molecule has 0 saturated heterocycles. The summed E-state index contributed by atoms with van der Waals surface area (Å²) in [6.45, 7) is 0. The highest BCUT2D eigenvalue weighted by atomic mass is 35.5. The van der Waals surface area contributed by atoms with Crippen LogP contribution in [0.2, 0.25) is 10.0 Å². The zero-order valence-electron chi connectivity index (χ0n) is 6.92. The number of fused-ring (bicyclic) bond motifs is 1. The molecule has 5 heteroatoms. The summed E-state index contributed by atoms with van der Waals surface area (Å²) in [4.78, 5) is 11.3. The minimum atomic E-state index is -0.244. The molecule has 0 heterocycles. The quantitative estimate of drug-likeness (QED) is 0.549. The number of hydrogen-bond acceptors (Lipinski definition) is 3. The zero-order chi connectivity index (χ0) is 10.3. The smallest absolute Gasteiger partial charge is 0.189 e. The summed E-state index contributed by atoms with van der Waals surface area (Å²) in [5.74, 6) is -0.244. The van der Waals surface area contributed by atoms with Gasteiger partial charge in [0.2, 0.25) is 0 Å². The van der Waals surface area contributed by atoms with Gasteiger partial charge in [0.05, 0.1) is 10.0 Å². The molecule has 0 aromatic heterocycles. The fourth-order valence-corrected chi connectivity index (χ4v) is 1.90. The Morgan fingerprint density at radius 1 is 1.36 bits per heavy atom. The zero-order valence-corrected chi connectivity index (χ0v) is 8.43. The van der Waals surface area contributed by atoms with E-state index in [1.54, 1.807) is 12.1 Å². The maximum absolute atomic E-state index is 11.3. The lowest BCUT2D eigenvalue weighted by atomic mass is 10.1. The van der Waals surface area contributed by atoms with E-state index in [9.17, 15) is 4.79 Å². The fourth-order valence-electron chi connectivity index (χ4n) is 1.49. The van der Waals surface area contributed by atoms with E-state index in [1.165, 1.54) is 0 Å². The highest BCUT2D eigenvalue weighted by Gasteiger charge is 2.29. The normalized spacial score (nSPS) is 17.6. The van der Waals surface area contributed by atoms with Gasteiger partial charge in [-0.15, -0.1) is 0 Å². The number of nitrogens with zero attached hydrogens (tertiary/aromatic N) is 1. The average Bonchev–Trinajstić information content (AvgIpc) is 2.49. The van der Waals surface area contributed by atoms with Crippen LogP contribution in [0.5, 0.6) is 0 Å². The predicted molar refractivity (Wildman–Crippen MR) is 53.5 cm³/mol. The van der Waals surface area contributed by atoms with Crippen molar-refractivity contribution >= 4 is 34.7 Å². The number of hydrogen-bond donors (Lipinski definition) is 1. The van der Waals surface area contributed by atoms with E-state index in [-0.39, 0.29) is 17.9 Å². The Morgan fingerprint density at radius 3 is 2.71 bits per heavy atom. The molecule has 2 rings (SSSR count). The number of halogens is 2. The highest BCUT2D eigenvalue weighted by Crippen LogP contribution is 2.33. The van der Waals surface area contributed by atoms with Gasteiger partial charge in [-0.3, -0.25) is 4.79 Å². The second kappa shape index (κ2) is 3.26. The fraction of sp³-hybridized carbons (Fsp3) is 0.111. The molecule has 1 aliphatic carbocycles. The van der Waals surface area contributed by atoms with E-state index in [4.69, 9.17) is 28.4 Å². The molecule has 0 bridgehead atoms. The summed E-state index contributed by atoms with van der Waals surface area (Å²) >= 11 is 11.7. The minimum Gasteiger partial charge on any atom is -0.410 e. The van der Waals surface area contributed by atoms with Crippen LogP contribution in [0.1, 0.15) is 11.1 Å². The molecule has 0 radical (unpaired) electrons. The van der Waals surface area contributed by atoms with Crippen LogP contribution in [0.3, 0.4) is 0 Å². The number of oxime groups is 1. The first-order valence-electron chi connectivity index (χ1n) is 3.87. The third-order valence-electron chi connectivity index (χ3n) is 2.15. The van der Waals surface area contributed by atoms with Crippen LogP contribution >= 0.6 is 23.2 Å². The number of ketones is 1. The highest BCUT2D eigenvalue weighted by molar-refractivity contribution is 6.51. The largest absolute Gasteiger partial charge is 0.410 e. The van der Waals surface area contributed by atoms with Gasteiger partial charge in [0.1, 0.15) is 0 Å². The van der Waals surface area contributed by atoms with Gasteiger partial charge in [-0.2, -0.15) is 0 Å². The van der Waals surface area contributed by atoms with E-state index in [2.05, 4.69) is 5.16 Å². The van der Waals surface area contributed by atoms with Gasteiger partial charge >= 0.3 is 0 Å². The lowest BCUT2D eigenvalue weighted by Crippen LogP contribution is -2.07. The molecular weight excluding hydrogens is 225 g/mol. The van der Waals surface area contributed by atoms with Crippen molar-refractivity contribution in [1.29, 1.82) is 0 Å². The second-order valence-electron chi connectivity index (χ2n) is 2.94. The van der Waals surface area contributed by atoms with Crippen molar-refractivity contribution in [2.75, 3.05) is 0 Å². The topological polar surface area (TPSA) is 49.7 Å². The van der Waals surface area contributed by atoms with Crippen molar-refractivity contribution < 1.29 is 10.0 Å². The average molecular weight is 230 g/mol. The molecule has 1 N–H and O–H groups in total. The molecule has 3 nitrogen and oxygen atoms in total. The van der Waals surface area contributed by atoms with Gasteiger partial charge in [-0.25, -0.2) is 0 Å². The van der Waals surface area contributed by atoms with Crippen LogP contribution < -0.4 is 0 Å². The van der Waals surface area contributed by atoms with Crippen molar-refractivity contribution in [3.8, 4) is 0 Å². The monoisotopic (exact) mass is 229 g/mol. The second-order valence-corrected chi connectivity index (χ2v) is 3.72. The summed E-state index contributed by atoms with van der Waals surface area (Å²) in [5, 5.41) is 12.3. The van der Waals surface area contributed by atoms with Crippen LogP contribution in [0.25, 0.3) is 0 Å². The number of rotatable bonds is 0. The molecule has 0 fully saturated rings. The van der Waals surface area contributed by atoms with Gasteiger partial charge in [-0.1, -0.05) is 34.4 Å². The first-order valence-corrected chi connectivity index (χ1v) is 4.63. The molecule has 1 aliphatic rings. The van der Waals surface area contributed by atoms with Crippen LogP contribution in [-0.4, -0.2) is 16.7 Å². The van der Waals surface area contributed by atoms with Gasteiger partial charge < -0.3 is 5.21 Å². The summed E-state index contributed by atoms with van der Waals surface area (Å²) in [5.41, 5.74) is 1.25. The predicted octanol–water partition coefficient (Wildman–Crippen LogP) is 2.30. The van der Waals surface area contributed by atoms with E-state index in [1.807, 2.05) is 0 Å². The van der Waals surface area contributed by atoms with E-state index in [0.717, 1.165) is 0 Å². The molecule has 0 unspecified atom stereocenters. The van der Waals surface area contributed by atoms with Crippen LogP contribution in [0.4, 0.5) is 0 Å². The Balaban J connectivity index is 2.70. The number of benzene rings is 1. The van der Waals surface area contributed by atoms with Gasteiger partial charge in [-0.05, 0) is 11.6 Å². The van der Waals surface area contributed by atoms with Crippen LogP contribution in [0, 0.1) is 0 Å². The molecule has 0 aliphatic heterocycles. The van der Waals surface area contributed by atoms with Crippen molar-refractivity contribution in [3.63, 3.8) is 0 Å². The third-order valence-corrected chi connectivity index (χ3v) is 3.00. The van der Waals surface area contributed by atoms with Gasteiger partial charge in [0, 0.05) is 12.0 Å². The van der Waals surface area contributed by atoms with Crippen molar-refractivity contribution in [1.82, 2.24) is 0 Å². The van der Waals surface area contributed by atoms with Gasteiger partial charge in [0.15, 0.2) is 11.5 Å². The molecule has 14 heavy (non-hydrogen) atoms. The maximum atomic E-state index is 11.3. The van der Waals surface area contributed by atoms with Crippen molar-refractivity contribution in [2.24, 2.45) is 5.16 Å². The molecule has 0 amide bonds. The summed E-state index contributed by atoms with van der Waals surface area (Å²) < 4.78 is 0. The first-order chi connectivity index (χ1) is 6.65. The third kappa shape index (κ3) is 1.21. The Hall–Kier alpha value is -1.06. The van der Waals surface area contributed by atoms with E-state index < -0.39 is 0 Å². The maximum Gasteiger partial charge on any atom is 0.189 e. The van der Waals surface area contributed by atoms with E-state index in [0.29, 0.717) is 21.2 Å². The van der Waals surface area contributed by atoms with E-state index >= 15 is 0 Å². The molecule has 1 aromatic carbocycles. The first kappa shape index (κ1) is 9.49. The molecule has 1 aromatic rings. The SMILES string of the molecule is O=C1Cc2c(ccc(Cl)c2Cl)/C1=N/O. The Kier molecular flexibility index (Phi) is 2.21. The molecule has 0 atom stereocenters. The number of carbonyl (C=O) groups is 1. The van der Waals surface area contributed by atoms with Crippen LogP contribution in [-0.2, 0) is 11.2 Å². The minimum absolute atomic E-state index is 0.0542. The Labute approximate surface area is 89.9 Å². The lowest BCUT2D eigenvalue weighted by molar-refractivity contribution is -0.112. The molecule has 0 spiro atoms. The van der Waals surface area contributed by atoms with Crippen molar-refractivity contribution in [2.45, 2.75) is 6.42 Å². The number of Topliss-reactive ketones (excluding diaryl/α,β-unsaturated/α-hetero) is 1. The lowest BCUT2D eigenvalue weighted by Gasteiger charge is -2.01. The molecular formula is C9H5Cl2NO2. The van der Waals surface area contributed by atoms with Crippen LogP contribution in [0.15, 0.2) is 17.3 Å². The standard InChI is InChI=1S/C9H5Cl2NO2/c10-6-2-1-4-5(8(6)11)3-7(13)9(4)12-14/h1-2,14H,3H2/b12-9-. The summed E-state index contributed by atoms with van der Waals surface area (Å²) in [6, 6.07) is 3.20. The van der Waals surface area contributed by atoms with Gasteiger partial charge in [0.25, 0.3) is 0 Å².